The summed E-state index contributed by atoms with van der Waals surface area (Å²) in [5.74, 6) is 2.48. The number of anilines is 1. The van der Waals surface area contributed by atoms with E-state index in [1.165, 1.54) is 6.42 Å². The highest BCUT2D eigenvalue weighted by molar-refractivity contribution is 5.88. The van der Waals surface area contributed by atoms with E-state index >= 15 is 0 Å². The number of rotatable bonds is 3. The second kappa shape index (κ2) is 7.43. The molecule has 0 N–H and O–H groups in total. The van der Waals surface area contributed by atoms with Gasteiger partial charge in [-0.25, -0.2) is 4.98 Å². The number of aryl methyl sites for hydroxylation is 1. The highest BCUT2D eigenvalue weighted by Crippen LogP contribution is 2.40. The maximum Gasteiger partial charge on any atom is 0.249 e. The monoisotopic (exact) mass is 391 g/mol. The number of piperidine rings is 1. The number of benzene rings is 1. The zero-order valence-electron chi connectivity index (χ0n) is 16.6. The number of nitrogens with zero attached hydrogens (tertiary/aromatic N) is 3. The second-order valence-electron chi connectivity index (χ2n) is 7.82. The largest absolute Gasteiger partial charge is 0.454 e. The molecule has 2 atom stereocenters. The van der Waals surface area contributed by atoms with Gasteiger partial charge in [-0.2, -0.15) is 0 Å². The van der Waals surface area contributed by atoms with E-state index in [9.17, 15) is 4.79 Å². The van der Waals surface area contributed by atoms with Crippen LogP contribution < -0.4 is 14.4 Å². The molecule has 6 heteroatoms. The first-order chi connectivity index (χ1) is 14.2. The zero-order valence-corrected chi connectivity index (χ0v) is 16.6. The van der Waals surface area contributed by atoms with Crippen molar-refractivity contribution in [3.8, 4) is 11.5 Å². The lowest BCUT2D eigenvalue weighted by Crippen LogP contribution is -2.48. The lowest BCUT2D eigenvalue weighted by Gasteiger charge is -2.35. The van der Waals surface area contributed by atoms with Gasteiger partial charge in [0, 0.05) is 18.8 Å². The molecule has 6 nitrogen and oxygen atoms in total. The highest BCUT2D eigenvalue weighted by atomic mass is 16.7. The van der Waals surface area contributed by atoms with Gasteiger partial charge in [0.05, 0.1) is 6.04 Å². The Hall–Kier alpha value is -3.02. The van der Waals surface area contributed by atoms with E-state index in [4.69, 9.17) is 14.5 Å². The van der Waals surface area contributed by atoms with Crippen LogP contribution in [0.25, 0.3) is 0 Å². The summed E-state index contributed by atoms with van der Waals surface area (Å²) in [6, 6.07) is 11.5. The second-order valence-corrected chi connectivity index (χ2v) is 7.82. The van der Waals surface area contributed by atoms with Crippen molar-refractivity contribution in [2.75, 3.05) is 24.8 Å². The van der Waals surface area contributed by atoms with E-state index in [0.717, 1.165) is 54.5 Å². The Balaban J connectivity index is 1.51. The van der Waals surface area contributed by atoms with Crippen molar-refractivity contribution >= 4 is 11.7 Å². The standard InChI is InChI=1S/C23H25N3O3/c1-16-6-5-7-22(24-16)26-18(17-8-11-20-21(14-17)29-15-28-20)9-10-19(26)23(27)25-12-3-2-4-13-25/h5-11,14,18-19H,2-4,12-13,15H2,1H3/t18-,19-/m1/s1. The molecule has 1 amide bonds. The summed E-state index contributed by atoms with van der Waals surface area (Å²) in [7, 11) is 0. The van der Waals surface area contributed by atoms with Crippen LogP contribution in [-0.4, -0.2) is 41.7 Å². The molecular weight excluding hydrogens is 366 g/mol. The van der Waals surface area contributed by atoms with Crippen molar-refractivity contribution in [2.24, 2.45) is 0 Å². The normalized spacial score (nSPS) is 22.9. The molecule has 1 fully saturated rings. The number of ether oxygens (including phenoxy) is 2. The van der Waals surface area contributed by atoms with Gasteiger partial charge in [0.2, 0.25) is 12.7 Å². The number of hydrogen-bond acceptors (Lipinski definition) is 5. The Morgan fingerprint density at radius 2 is 1.86 bits per heavy atom. The summed E-state index contributed by atoms with van der Waals surface area (Å²) >= 11 is 0. The van der Waals surface area contributed by atoms with Crippen molar-refractivity contribution in [1.82, 2.24) is 9.88 Å². The van der Waals surface area contributed by atoms with Crippen LogP contribution in [-0.2, 0) is 4.79 Å². The molecule has 1 aromatic heterocycles. The summed E-state index contributed by atoms with van der Waals surface area (Å²) in [6.07, 6.45) is 7.49. The third kappa shape index (κ3) is 3.33. The first kappa shape index (κ1) is 18.0. The molecule has 1 saturated heterocycles. The van der Waals surface area contributed by atoms with E-state index in [-0.39, 0.29) is 24.8 Å². The molecular formula is C23H25N3O3. The highest BCUT2D eigenvalue weighted by Gasteiger charge is 2.38. The maximum absolute atomic E-state index is 13.4. The van der Waals surface area contributed by atoms with Crippen LogP contribution in [0.5, 0.6) is 11.5 Å². The van der Waals surface area contributed by atoms with Crippen molar-refractivity contribution in [1.29, 1.82) is 0 Å². The predicted molar refractivity (Wildman–Crippen MR) is 110 cm³/mol. The van der Waals surface area contributed by atoms with Crippen LogP contribution in [0, 0.1) is 6.92 Å². The molecule has 0 radical (unpaired) electrons. The zero-order chi connectivity index (χ0) is 19.8. The first-order valence-corrected chi connectivity index (χ1v) is 10.3. The van der Waals surface area contributed by atoms with Gasteiger partial charge in [0.1, 0.15) is 11.9 Å². The quantitative estimate of drug-likeness (QED) is 0.748. The number of fused-ring (bicyclic) bond motifs is 1. The third-order valence-electron chi connectivity index (χ3n) is 5.87. The average molecular weight is 391 g/mol. The number of carbonyl (C=O) groups is 1. The fraction of sp³-hybridized carbons (Fsp3) is 0.391. The van der Waals surface area contributed by atoms with Crippen molar-refractivity contribution in [2.45, 2.75) is 38.3 Å². The summed E-state index contributed by atoms with van der Waals surface area (Å²) in [6.45, 7) is 3.91. The molecule has 29 heavy (non-hydrogen) atoms. The Bertz CT molecular complexity index is 952. The van der Waals surface area contributed by atoms with Gasteiger partial charge in [-0.1, -0.05) is 24.3 Å². The van der Waals surface area contributed by atoms with Gasteiger partial charge >= 0.3 is 0 Å². The molecule has 4 heterocycles. The van der Waals surface area contributed by atoms with Crippen LogP contribution in [0.4, 0.5) is 5.82 Å². The minimum atomic E-state index is -0.349. The fourth-order valence-electron chi connectivity index (χ4n) is 4.40. The molecule has 3 aliphatic rings. The molecule has 150 valence electrons. The van der Waals surface area contributed by atoms with E-state index < -0.39 is 0 Å². The molecule has 2 aromatic rings. The summed E-state index contributed by atoms with van der Waals surface area (Å²) in [5.41, 5.74) is 1.99. The van der Waals surface area contributed by atoms with E-state index in [0.29, 0.717) is 0 Å². The maximum atomic E-state index is 13.4. The lowest BCUT2D eigenvalue weighted by atomic mass is 10.1. The first-order valence-electron chi connectivity index (χ1n) is 10.3. The number of likely N-dealkylation sites (tertiary alicyclic amines) is 1. The molecule has 5 rings (SSSR count). The number of pyridine rings is 1. The lowest BCUT2D eigenvalue weighted by molar-refractivity contribution is -0.132. The van der Waals surface area contributed by atoms with Gasteiger partial charge in [-0.05, 0) is 56.0 Å². The SMILES string of the molecule is Cc1cccc(N2[C@@H](C(=O)N3CCCCC3)C=C[C@@H]2c2ccc3c(c2)OCO3)n1. The molecule has 0 bridgehead atoms. The van der Waals surface area contributed by atoms with Crippen molar-refractivity contribution in [3.63, 3.8) is 0 Å². The molecule has 0 saturated carbocycles. The van der Waals surface area contributed by atoms with E-state index in [1.54, 1.807) is 0 Å². The van der Waals surface area contributed by atoms with Crippen LogP contribution in [0.2, 0.25) is 0 Å². The number of aromatic nitrogens is 1. The number of amides is 1. The average Bonchev–Trinajstić information content (AvgIpc) is 3.40. The van der Waals surface area contributed by atoms with Crippen LogP contribution >= 0.6 is 0 Å². The summed E-state index contributed by atoms with van der Waals surface area (Å²) < 4.78 is 11.0. The molecule has 1 aromatic carbocycles. The van der Waals surface area contributed by atoms with Crippen molar-refractivity contribution < 1.29 is 14.3 Å². The minimum Gasteiger partial charge on any atom is -0.454 e. The number of carbonyl (C=O) groups excluding carboxylic acids is 1. The van der Waals surface area contributed by atoms with Gasteiger partial charge in [-0.3, -0.25) is 4.79 Å². The van der Waals surface area contributed by atoms with Crippen molar-refractivity contribution in [3.05, 3.63) is 59.8 Å². The van der Waals surface area contributed by atoms with E-state index in [1.807, 2.05) is 54.3 Å². The summed E-state index contributed by atoms with van der Waals surface area (Å²) in [5, 5.41) is 0. The Labute approximate surface area is 170 Å². The molecule has 0 spiro atoms. The van der Waals surface area contributed by atoms with Crippen LogP contribution in [0.1, 0.15) is 36.6 Å². The van der Waals surface area contributed by atoms with E-state index in [2.05, 4.69) is 11.0 Å². The van der Waals surface area contributed by atoms with Gasteiger partial charge in [0.15, 0.2) is 11.5 Å². The minimum absolute atomic E-state index is 0.0856. The topological polar surface area (TPSA) is 54.9 Å². The van der Waals surface area contributed by atoms with Crippen LogP contribution in [0.3, 0.4) is 0 Å². The Kier molecular flexibility index (Phi) is 4.62. The Morgan fingerprint density at radius 1 is 1.03 bits per heavy atom. The number of hydrogen-bond donors (Lipinski definition) is 0. The smallest absolute Gasteiger partial charge is 0.249 e. The summed E-state index contributed by atoms with van der Waals surface area (Å²) in [4.78, 5) is 22.3. The fourth-order valence-corrected chi connectivity index (χ4v) is 4.40. The predicted octanol–water partition coefficient (Wildman–Crippen LogP) is 3.62. The van der Waals surface area contributed by atoms with Gasteiger partial charge in [0.25, 0.3) is 0 Å². The Morgan fingerprint density at radius 3 is 2.69 bits per heavy atom. The molecule has 0 aliphatic carbocycles. The van der Waals surface area contributed by atoms with Gasteiger partial charge in [-0.15, -0.1) is 0 Å². The third-order valence-corrected chi connectivity index (χ3v) is 5.87. The molecule has 0 unspecified atom stereocenters. The van der Waals surface area contributed by atoms with Gasteiger partial charge < -0.3 is 19.3 Å². The van der Waals surface area contributed by atoms with Crippen LogP contribution in [0.15, 0.2) is 48.6 Å². The molecule has 3 aliphatic heterocycles.